The molecule has 0 aromatic carbocycles. The number of ether oxygens (including phenoxy) is 1. The van der Waals surface area contributed by atoms with Gasteiger partial charge in [0, 0.05) is 12.6 Å². The lowest BCUT2D eigenvalue weighted by molar-refractivity contribution is 0.0948. The van der Waals surface area contributed by atoms with Crippen molar-refractivity contribution in [3.63, 3.8) is 0 Å². The molecule has 2 nitrogen and oxygen atoms in total. The summed E-state index contributed by atoms with van der Waals surface area (Å²) in [6, 6.07) is 0.284. The first kappa shape index (κ1) is 13.0. The van der Waals surface area contributed by atoms with Crippen LogP contribution in [0.2, 0.25) is 0 Å². The highest BCUT2D eigenvalue weighted by Gasteiger charge is 2.20. The molecule has 90 valence electrons. The zero-order valence-corrected chi connectivity index (χ0v) is 10.2. The van der Waals surface area contributed by atoms with Gasteiger partial charge in [-0.3, -0.25) is 0 Å². The molecular formula is C13H27NO. The van der Waals surface area contributed by atoms with Crippen molar-refractivity contribution in [1.29, 1.82) is 0 Å². The largest absolute Gasteiger partial charge is 0.380 e. The van der Waals surface area contributed by atoms with Gasteiger partial charge in [-0.1, -0.05) is 39.0 Å². The van der Waals surface area contributed by atoms with Gasteiger partial charge in [0.2, 0.25) is 0 Å². The van der Waals surface area contributed by atoms with Crippen LogP contribution in [0.1, 0.15) is 58.3 Å². The number of hydrogen-bond acceptors (Lipinski definition) is 2. The van der Waals surface area contributed by atoms with Crippen molar-refractivity contribution in [3.8, 4) is 0 Å². The van der Waals surface area contributed by atoms with E-state index >= 15 is 0 Å². The SMILES string of the molecule is CCCCCOCC(N)C1CCCCC1. The van der Waals surface area contributed by atoms with Gasteiger partial charge in [0.15, 0.2) is 0 Å². The highest BCUT2D eigenvalue weighted by atomic mass is 16.5. The maximum absolute atomic E-state index is 6.14. The summed E-state index contributed by atoms with van der Waals surface area (Å²) < 4.78 is 5.63. The lowest BCUT2D eigenvalue weighted by Gasteiger charge is -2.27. The Morgan fingerprint density at radius 1 is 1.20 bits per heavy atom. The van der Waals surface area contributed by atoms with Gasteiger partial charge in [-0.15, -0.1) is 0 Å². The zero-order valence-electron chi connectivity index (χ0n) is 10.2. The van der Waals surface area contributed by atoms with Crippen LogP contribution in [0.15, 0.2) is 0 Å². The Morgan fingerprint density at radius 3 is 2.60 bits per heavy atom. The first-order valence-electron chi connectivity index (χ1n) is 6.68. The van der Waals surface area contributed by atoms with Crippen LogP contribution >= 0.6 is 0 Å². The summed E-state index contributed by atoms with van der Waals surface area (Å²) in [6.07, 6.45) is 10.5. The van der Waals surface area contributed by atoms with Gasteiger partial charge in [0.25, 0.3) is 0 Å². The minimum atomic E-state index is 0.284. The zero-order chi connectivity index (χ0) is 10.9. The normalized spacial score (nSPS) is 20.4. The van der Waals surface area contributed by atoms with Crippen molar-refractivity contribution in [2.75, 3.05) is 13.2 Å². The highest BCUT2D eigenvalue weighted by Crippen LogP contribution is 2.25. The highest BCUT2D eigenvalue weighted by molar-refractivity contribution is 4.75. The Hall–Kier alpha value is -0.0800. The Kier molecular flexibility index (Phi) is 7.03. The fourth-order valence-corrected chi connectivity index (χ4v) is 2.37. The predicted octanol–water partition coefficient (Wildman–Crippen LogP) is 3.10. The molecule has 0 amide bonds. The first-order valence-corrected chi connectivity index (χ1v) is 6.68. The number of rotatable bonds is 7. The van der Waals surface area contributed by atoms with Gasteiger partial charge in [-0.05, 0) is 25.2 Å². The number of nitrogens with two attached hydrogens (primary N) is 1. The summed E-state index contributed by atoms with van der Waals surface area (Å²) in [4.78, 5) is 0. The molecule has 1 saturated carbocycles. The molecule has 1 rings (SSSR count). The quantitative estimate of drug-likeness (QED) is 0.660. The average Bonchev–Trinajstić information content (AvgIpc) is 2.30. The first-order chi connectivity index (χ1) is 7.34. The molecule has 0 radical (unpaired) electrons. The Bertz CT molecular complexity index is 143. The second-order valence-corrected chi connectivity index (χ2v) is 4.84. The van der Waals surface area contributed by atoms with Crippen LogP contribution in [0.3, 0.4) is 0 Å². The second-order valence-electron chi connectivity index (χ2n) is 4.84. The molecule has 1 atom stereocenters. The maximum atomic E-state index is 6.14. The van der Waals surface area contributed by atoms with Crippen molar-refractivity contribution >= 4 is 0 Å². The number of hydrogen-bond donors (Lipinski definition) is 1. The molecule has 2 heteroatoms. The van der Waals surface area contributed by atoms with E-state index in [9.17, 15) is 0 Å². The molecule has 0 heterocycles. The van der Waals surface area contributed by atoms with E-state index in [1.165, 1.54) is 51.4 Å². The fraction of sp³-hybridized carbons (Fsp3) is 1.00. The van der Waals surface area contributed by atoms with Crippen molar-refractivity contribution in [3.05, 3.63) is 0 Å². The fourth-order valence-electron chi connectivity index (χ4n) is 2.37. The summed E-state index contributed by atoms with van der Waals surface area (Å²) in [5.74, 6) is 0.727. The number of unbranched alkanes of at least 4 members (excludes halogenated alkanes) is 2. The van der Waals surface area contributed by atoms with Crippen LogP contribution in [0.5, 0.6) is 0 Å². The lowest BCUT2D eigenvalue weighted by atomic mass is 9.84. The second kappa shape index (κ2) is 8.12. The van der Waals surface area contributed by atoms with Gasteiger partial charge in [0.1, 0.15) is 0 Å². The van der Waals surface area contributed by atoms with Crippen molar-refractivity contribution in [2.45, 2.75) is 64.3 Å². The summed E-state index contributed by atoms with van der Waals surface area (Å²) in [5, 5.41) is 0. The minimum Gasteiger partial charge on any atom is -0.380 e. The van der Waals surface area contributed by atoms with E-state index in [1.54, 1.807) is 0 Å². The van der Waals surface area contributed by atoms with E-state index in [0.29, 0.717) is 0 Å². The average molecular weight is 213 g/mol. The standard InChI is InChI=1S/C13H27NO/c1-2-3-7-10-15-11-13(14)12-8-5-4-6-9-12/h12-13H,2-11,14H2,1H3. The van der Waals surface area contributed by atoms with Gasteiger partial charge < -0.3 is 10.5 Å². The van der Waals surface area contributed by atoms with Crippen LogP contribution < -0.4 is 5.73 Å². The maximum Gasteiger partial charge on any atom is 0.0620 e. The molecule has 15 heavy (non-hydrogen) atoms. The Labute approximate surface area is 94.6 Å². The summed E-state index contributed by atoms with van der Waals surface area (Å²) in [7, 11) is 0. The Balaban J connectivity index is 1.99. The molecule has 0 aromatic heterocycles. The van der Waals surface area contributed by atoms with Crippen LogP contribution in [0, 0.1) is 5.92 Å². The third-order valence-corrected chi connectivity index (χ3v) is 3.46. The Morgan fingerprint density at radius 2 is 1.93 bits per heavy atom. The van der Waals surface area contributed by atoms with Crippen LogP contribution in [0.4, 0.5) is 0 Å². The summed E-state index contributed by atoms with van der Waals surface area (Å²) >= 11 is 0. The molecule has 1 aliphatic rings. The predicted molar refractivity (Wildman–Crippen MR) is 64.9 cm³/mol. The molecule has 0 bridgehead atoms. The lowest BCUT2D eigenvalue weighted by Crippen LogP contribution is -2.36. The van der Waals surface area contributed by atoms with E-state index in [2.05, 4.69) is 6.92 Å². The topological polar surface area (TPSA) is 35.2 Å². The molecule has 0 aromatic rings. The molecule has 0 spiro atoms. The van der Waals surface area contributed by atoms with Crippen molar-refractivity contribution in [1.82, 2.24) is 0 Å². The minimum absolute atomic E-state index is 0.284. The third kappa shape index (κ3) is 5.53. The van der Waals surface area contributed by atoms with Gasteiger partial charge in [-0.25, -0.2) is 0 Å². The molecule has 0 aliphatic heterocycles. The summed E-state index contributed by atoms with van der Waals surface area (Å²) in [5.41, 5.74) is 6.14. The van der Waals surface area contributed by atoms with Crippen molar-refractivity contribution < 1.29 is 4.74 Å². The van der Waals surface area contributed by atoms with E-state index in [0.717, 1.165) is 19.1 Å². The smallest absolute Gasteiger partial charge is 0.0620 e. The summed E-state index contributed by atoms with van der Waals surface area (Å²) in [6.45, 7) is 3.89. The molecular weight excluding hydrogens is 186 g/mol. The van der Waals surface area contributed by atoms with Crippen LogP contribution in [-0.2, 0) is 4.74 Å². The van der Waals surface area contributed by atoms with Crippen LogP contribution in [-0.4, -0.2) is 19.3 Å². The molecule has 2 N–H and O–H groups in total. The molecule has 1 fully saturated rings. The van der Waals surface area contributed by atoms with Gasteiger partial charge in [-0.2, -0.15) is 0 Å². The van der Waals surface area contributed by atoms with E-state index < -0.39 is 0 Å². The molecule has 1 aliphatic carbocycles. The van der Waals surface area contributed by atoms with E-state index in [1.807, 2.05) is 0 Å². The van der Waals surface area contributed by atoms with E-state index in [-0.39, 0.29) is 6.04 Å². The monoisotopic (exact) mass is 213 g/mol. The third-order valence-electron chi connectivity index (χ3n) is 3.46. The molecule has 1 unspecified atom stereocenters. The van der Waals surface area contributed by atoms with E-state index in [4.69, 9.17) is 10.5 Å². The van der Waals surface area contributed by atoms with Gasteiger partial charge >= 0.3 is 0 Å². The molecule has 0 saturated heterocycles. The van der Waals surface area contributed by atoms with Crippen LogP contribution in [0.25, 0.3) is 0 Å². The van der Waals surface area contributed by atoms with Crippen molar-refractivity contribution in [2.24, 2.45) is 11.7 Å². The van der Waals surface area contributed by atoms with Gasteiger partial charge in [0.05, 0.1) is 6.61 Å².